The van der Waals surface area contributed by atoms with Gasteiger partial charge in [0.1, 0.15) is 5.82 Å². The molecule has 19 heavy (non-hydrogen) atoms. The maximum atomic E-state index is 11.6. The first-order valence-electron chi connectivity index (χ1n) is 7.15. The Kier molecular flexibility index (Phi) is 3.37. The van der Waals surface area contributed by atoms with Crippen molar-refractivity contribution < 1.29 is 8.42 Å². The van der Waals surface area contributed by atoms with E-state index in [2.05, 4.69) is 17.0 Å². The maximum absolute atomic E-state index is 11.6. The van der Waals surface area contributed by atoms with Gasteiger partial charge in [-0.2, -0.15) is 5.10 Å². The van der Waals surface area contributed by atoms with Gasteiger partial charge >= 0.3 is 0 Å². The largest absolute Gasteiger partial charge is 0.250 e. The van der Waals surface area contributed by atoms with Crippen molar-refractivity contribution in [2.75, 3.05) is 11.5 Å². The number of rotatable bonds is 2. The summed E-state index contributed by atoms with van der Waals surface area (Å²) in [5, 5.41) is 4.54. The Balaban J connectivity index is 1.70. The first-order chi connectivity index (χ1) is 9.02. The molecular weight excluding hydrogens is 262 g/mol. The van der Waals surface area contributed by atoms with Gasteiger partial charge in [-0.05, 0) is 31.1 Å². The SMILES string of the molecule is CC1CCn2nc(CC3CCCS(=O)(=O)C3)nc2C1. The van der Waals surface area contributed by atoms with Gasteiger partial charge in [-0.1, -0.05) is 6.92 Å². The van der Waals surface area contributed by atoms with Gasteiger partial charge in [0.05, 0.1) is 11.5 Å². The van der Waals surface area contributed by atoms with Gasteiger partial charge < -0.3 is 0 Å². The molecule has 2 unspecified atom stereocenters. The van der Waals surface area contributed by atoms with Crippen LogP contribution < -0.4 is 0 Å². The summed E-state index contributed by atoms with van der Waals surface area (Å²) in [5.41, 5.74) is 0. The summed E-state index contributed by atoms with van der Waals surface area (Å²) < 4.78 is 25.3. The van der Waals surface area contributed by atoms with E-state index in [-0.39, 0.29) is 5.92 Å². The Morgan fingerprint density at radius 2 is 2.21 bits per heavy atom. The summed E-state index contributed by atoms with van der Waals surface area (Å²) in [6.07, 6.45) is 4.65. The molecule has 0 saturated carbocycles. The van der Waals surface area contributed by atoms with Crippen molar-refractivity contribution in [3.05, 3.63) is 11.6 Å². The van der Waals surface area contributed by atoms with E-state index in [4.69, 9.17) is 0 Å². The van der Waals surface area contributed by atoms with Crippen LogP contribution in [0.15, 0.2) is 0 Å². The zero-order valence-electron chi connectivity index (χ0n) is 11.4. The molecule has 0 spiro atoms. The highest BCUT2D eigenvalue weighted by Crippen LogP contribution is 2.23. The summed E-state index contributed by atoms with van der Waals surface area (Å²) in [4.78, 5) is 4.60. The van der Waals surface area contributed by atoms with Crippen LogP contribution in [-0.4, -0.2) is 34.7 Å². The molecule has 2 aliphatic rings. The van der Waals surface area contributed by atoms with Gasteiger partial charge in [0, 0.05) is 19.4 Å². The van der Waals surface area contributed by atoms with Crippen LogP contribution in [0.5, 0.6) is 0 Å². The Morgan fingerprint density at radius 3 is 3.00 bits per heavy atom. The number of aryl methyl sites for hydroxylation is 1. The minimum absolute atomic E-state index is 0.209. The normalized spacial score (nSPS) is 29.9. The van der Waals surface area contributed by atoms with Crippen LogP contribution in [0.1, 0.15) is 37.8 Å². The minimum atomic E-state index is -2.83. The molecule has 3 heterocycles. The molecule has 6 heteroatoms. The number of fused-ring (bicyclic) bond motifs is 1. The van der Waals surface area contributed by atoms with Gasteiger partial charge in [0.25, 0.3) is 0 Å². The topological polar surface area (TPSA) is 64.8 Å². The van der Waals surface area contributed by atoms with Crippen LogP contribution in [0.4, 0.5) is 0 Å². The molecule has 0 bridgehead atoms. The van der Waals surface area contributed by atoms with E-state index in [0.717, 1.165) is 43.9 Å². The number of sulfone groups is 1. The molecular formula is C13H21N3O2S. The molecule has 1 fully saturated rings. The van der Waals surface area contributed by atoms with Crippen LogP contribution in [0.25, 0.3) is 0 Å². The van der Waals surface area contributed by atoms with E-state index >= 15 is 0 Å². The molecule has 1 saturated heterocycles. The Hall–Kier alpha value is -0.910. The average Bonchev–Trinajstić information content (AvgIpc) is 2.68. The molecule has 1 aromatic heterocycles. The Bertz CT molecular complexity index is 564. The zero-order valence-corrected chi connectivity index (χ0v) is 12.2. The number of aromatic nitrogens is 3. The van der Waals surface area contributed by atoms with Crippen molar-refractivity contribution >= 4 is 9.84 Å². The van der Waals surface area contributed by atoms with E-state index in [9.17, 15) is 8.42 Å². The summed E-state index contributed by atoms with van der Waals surface area (Å²) in [6.45, 7) is 3.19. The fourth-order valence-electron chi connectivity index (χ4n) is 3.14. The third kappa shape index (κ3) is 2.99. The lowest BCUT2D eigenvalue weighted by Gasteiger charge is -2.20. The van der Waals surface area contributed by atoms with Gasteiger partial charge in [-0.15, -0.1) is 0 Å². The van der Waals surface area contributed by atoms with E-state index < -0.39 is 9.84 Å². The highest BCUT2D eigenvalue weighted by atomic mass is 32.2. The molecule has 106 valence electrons. The number of hydrogen-bond acceptors (Lipinski definition) is 4. The van der Waals surface area contributed by atoms with Gasteiger partial charge in [0.2, 0.25) is 0 Å². The van der Waals surface area contributed by atoms with E-state index in [1.54, 1.807) is 0 Å². The highest BCUT2D eigenvalue weighted by molar-refractivity contribution is 7.91. The quantitative estimate of drug-likeness (QED) is 0.819. The summed E-state index contributed by atoms with van der Waals surface area (Å²) >= 11 is 0. The molecule has 2 atom stereocenters. The fraction of sp³-hybridized carbons (Fsp3) is 0.846. The molecule has 2 aliphatic heterocycles. The first-order valence-corrected chi connectivity index (χ1v) is 8.97. The average molecular weight is 283 g/mol. The van der Waals surface area contributed by atoms with Crippen molar-refractivity contribution in [1.29, 1.82) is 0 Å². The Morgan fingerprint density at radius 1 is 1.37 bits per heavy atom. The monoisotopic (exact) mass is 283 g/mol. The van der Waals surface area contributed by atoms with Crippen molar-refractivity contribution in [2.45, 2.75) is 45.6 Å². The third-order valence-corrected chi connectivity index (χ3v) is 6.08. The van der Waals surface area contributed by atoms with Crippen LogP contribution >= 0.6 is 0 Å². The summed E-state index contributed by atoms with van der Waals surface area (Å²) in [5.74, 6) is 3.47. The fourth-order valence-corrected chi connectivity index (χ4v) is 4.91. The van der Waals surface area contributed by atoms with Crippen LogP contribution in [0.3, 0.4) is 0 Å². The summed E-state index contributed by atoms with van der Waals surface area (Å²) in [7, 11) is -2.83. The first kappa shape index (κ1) is 13.1. The lowest BCUT2D eigenvalue weighted by molar-refractivity contribution is 0.384. The molecule has 0 aliphatic carbocycles. The summed E-state index contributed by atoms with van der Waals surface area (Å²) in [6, 6.07) is 0. The molecule has 5 nitrogen and oxygen atoms in total. The van der Waals surface area contributed by atoms with Gasteiger partial charge in [-0.25, -0.2) is 18.1 Å². The van der Waals surface area contributed by atoms with Crippen LogP contribution in [0, 0.1) is 11.8 Å². The second kappa shape index (κ2) is 4.89. The highest BCUT2D eigenvalue weighted by Gasteiger charge is 2.27. The molecule has 0 amide bonds. The molecule has 0 aromatic carbocycles. The minimum Gasteiger partial charge on any atom is -0.250 e. The van der Waals surface area contributed by atoms with Gasteiger partial charge in [0.15, 0.2) is 15.7 Å². The van der Waals surface area contributed by atoms with E-state index in [0.29, 0.717) is 23.8 Å². The molecule has 0 radical (unpaired) electrons. The smallest absolute Gasteiger partial charge is 0.151 e. The molecule has 3 rings (SSSR count). The standard InChI is InChI=1S/C13H21N3O2S/c1-10-4-5-16-13(7-10)14-12(15-16)8-11-3-2-6-19(17,18)9-11/h10-11H,2-9H2,1H3. The predicted octanol–water partition coefficient (Wildman–Crippen LogP) is 1.23. The number of nitrogens with zero attached hydrogens (tertiary/aromatic N) is 3. The molecule has 1 aromatic rings. The van der Waals surface area contributed by atoms with Crippen molar-refractivity contribution in [1.82, 2.24) is 14.8 Å². The third-order valence-electron chi connectivity index (χ3n) is 4.19. The van der Waals surface area contributed by atoms with Crippen molar-refractivity contribution in [3.63, 3.8) is 0 Å². The lowest BCUT2D eigenvalue weighted by atomic mass is 10.0. The van der Waals surface area contributed by atoms with Crippen LogP contribution in [-0.2, 0) is 29.2 Å². The van der Waals surface area contributed by atoms with Crippen LogP contribution in [0.2, 0.25) is 0 Å². The van der Waals surface area contributed by atoms with Crippen molar-refractivity contribution in [3.8, 4) is 0 Å². The van der Waals surface area contributed by atoms with Crippen molar-refractivity contribution in [2.24, 2.45) is 11.8 Å². The Labute approximate surface area is 114 Å². The van der Waals surface area contributed by atoms with E-state index in [1.165, 1.54) is 0 Å². The van der Waals surface area contributed by atoms with E-state index in [1.807, 2.05) is 4.68 Å². The zero-order chi connectivity index (χ0) is 13.5. The van der Waals surface area contributed by atoms with Gasteiger partial charge in [-0.3, -0.25) is 0 Å². The maximum Gasteiger partial charge on any atom is 0.151 e. The number of hydrogen-bond donors (Lipinski definition) is 0. The second-order valence-electron chi connectivity index (χ2n) is 6.09. The lowest BCUT2D eigenvalue weighted by Crippen LogP contribution is -2.26. The predicted molar refractivity (Wildman–Crippen MR) is 72.6 cm³/mol. The molecule has 0 N–H and O–H groups in total. The second-order valence-corrected chi connectivity index (χ2v) is 8.32.